The standard InChI is InChI=1S/C8H19N3/c1-7(9)5-11-8-3-2-4-10-6-8/h7-8,10-11H,2-6,9H2,1H3/t7?,8-/m0/s1. The number of nitrogens with one attached hydrogen (secondary N) is 2. The summed E-state index contributed by atoms with van der Waals surface area (Å²) in [6, 6.07) is 0.923. The van der Waals surface area contributed by atoms with Crippen molar-refractivity contribution in [2.75, 3.05) is 19.6 Å². The second kappa shape index (κ2) is 4.70. The van der Waals surface area contributed by atoms with Crippen molar-refractivity contribution >= 4 is 0 Å². The van der Waals surface area contributed by atoms with Crippen molar-refractivity contribution in [3.05, 3.63) is 0 Å². The van der Waals surface area contributed by atoms with Crippen molar-refractivity contribution < 1.29 is 0 Å². The van der Waals surface area contributed by atoms with Crippen molar-refractivity contribution in [2.24, 2.45) is 5.73 Å². The zero-order valence-electron chi connectivity index (χ0n) is 7.27. The van der Waals surface area contributed by atoms with Crippen molar-refractivity contribution in [2.45, 2.75) is 31.8 Å². The van der Waals surface area contributed by atoms with Crippen molar-refractivity contribution in [1.29, 1.82) is 0 Å². The molecule has 66 valence electrons. The van der Waals surface area contributed by atoms with E-state index in [1.54, 1.807) is 0 Å². The number of rotatable bonds is 3. The first-order valence-electron chi connectivity index (χ1n) is 4.48. The highest BCUT2D eigenvalue weighted by Gasteiger charge is 2.11. The topological polar surface area (TPSA) is 50.1 Å². The van der Waals surface area contributed by atoms with Gasteiger partial charge in [0.1, 0.15) is 0 Å². The van der Waals surface area contributed by atoms with Crippen LogP contribution in [0.2, 0.25) is 0 Å². The highest BCUT2D eigenvalue weighted by Crippen LogP contribution is 2.00. The van der Waals surface area contributed by atoms with Gasteiger partial charge in [0, 0.05) is 25.2 Å². The van der Waals surface area contributed by atoms with Gasteiger partial charge in [0.05, 0.1) is 0 Å². The lowest BCUT2D eigenvalue weighted by atomic mass is 10.1. The van der Waals surface area contributed by atoms with Crippen LogP contribution in [0.4, 0.5) is 0 Å². The largest absolute Gasteiger partial charge is 0.327 e. The minimum absolute atomic E-state index is 0.275. The van der Waals surface area contributed by atoms with Crippen molar-refractivity contribution in [1.82, 2.24) is 10.6 Å². The fraction of sp³-hybridized carbons (Fsp3) is 1.00. The first-order valence-corrected chi connectivity index (χ1v) is 4.48. The molecule has 1 aliphatic rings. The maximum atomic E-state index is 5.63. The average Bonchev–Trinajstić information content (AvgIpc) is 2.03. The van der Waals surface area contributed by atoms with E-state index in [-0.39, 0.29) is 6.04 Å². The highest BCUT2D eigenvalue weighted by atomic mass is 15.0. The van der Waals surface area contributed by atoms with Gasteiger partial charge in [0.25, 0.3) is 0 Å². The van der Waals surface area contributed by atoms with Crippen LogP contribution in [0.5, 0.6) is 0 Å². The molecule has 0 spiro atoms. The molecule has 0 aromatic rings. The van der Waals surface area contributed by atoms with E-state index in [4.69, 9.17) is 5.73 Å². The monoisotopic (exact) mass is 157 g/mol. The molecule has 0 amide bonds. The molecular weight excluding hydrogens is 138 g/mol. The maximum absolute atomic E-state index is 5.63. The van der Waals surface area contributed by atoms with Crippen LogP contribution in [0, 0.1) is 0 Å². The number of hydrogen-bond acceptors (Lipinski definition) is 3. The van der Waals surface area contributed by atoms with Gasteiger partial charge in [-0.05, 0) is 26.3 Å². The Morgan fingerprint density at radius 1 is 1.73 bits per heavy atom. The first kappa shape index (κ1) is 8.97. The Labute approximate surface area is 68.7 Å². The first-order chi connectivity index (χ1) is 5.29. The molecule has 1 saturated heterocycles. The maximum Gasteiger partial charge on any atom is 0.0193 e. The Kier molecular flexibility index (Phi) is 3.83. The van der Waals surface area contributed by atoms with Gasteiger partial charge in [-0.1, -0.05) is 0 Å². The Bertz CT molecular complexity index is 97.5. The number of hydrogen-bond donors (Lipinski definition) is 3. The van der Waals surface area contributed by atoms with E-state index < -0.39 is 0 Å². The fourth-order valence-electron chi connectivity index (χ4n) is 1.38. The molecule has 0 bridgehead atoms. The van der Waals surface area contributed by atoms with Crippen LogP contribution in [-0.4, -0.2) is 31.7 Å². The van der Waals surface area contributed by atoms with Crippen LogP contribution in [0.1, 0.15) is 19.8 Å². The summed E-state index contributed by atoms with van der Waals surface area (Å²) in [4.78, 5) is 0. The molecule has 4 N–H and O–H groups in total. The van der Waals surface area contributed by atoms with E-state index in [0.717, 1.165) is 13.1 Å². The van der Waals surface area contributed by atoms with Crippen molar-refractivity contribution in [3.8, 4) is 0 Å². The van der Waals surface area contributed by atoms with Gasteiger partial charge in [-0.3, -0.25) is 0 Å². The van der Waals surface area contributed by atoms with Crippen molar-refractivity contribution in [3.63, 3.8) is 0 Å². The molecule has 0 aliphatic carbocycles. The SMILES string of the molecule is CC(N)CN[C@H]1CCCNC1. The van der Waals surface area contributed by atoms with Gasteiger partial charge in [-0.25, -0.2) is 0 Å². The van der Waals surface area contributed by atoms with E-state index in [0.29, 0.717) is 6.04 Å². The molecule has 1 unspecified atom stereocenters. The van der Waals surface area contributed by atoms with E-state index in [1.165, 1.54) is 19.4 Å². The molecule has 1 fully saturated rings. The normalized spacial score (nSPS) is 28.4. The smallest absolute Gasteiger partial charge is 0.0193 e. The predicted molar refractivity (Wildman–Crippen MR) is 47.5 cm³/mol. The summed E-state index contributed by atoms with van der Waals surface area (Å²) in [6.45, 7) is 5.25. The van der Waals surface area contributed by atoms with Crippen LogP contribution >= 0.6 is 0 Å². The van der Waals surface area contributed by atoms with Gasteiger partial charge in [-0.15, -0.1) is 0 Å². The van der Waals surface area contributed by atoms with Crippen LogP contribution in [0.3, 0.4) is 0 Å². The Morgan fingerprint density at radius 3 is 3.09 bits per heavy atom. The highest BCUT2D eigenvalue weighted by molar-refractivity contribution is 4.75. The summed E-state index contributed by atoms with van der Waals surface area (Å²) in [6.07, 6.45) is 2.58. The van der Waals surface area contributed by atoms with Gasteiger partial charge < -0.3 is 16.4 Å². The lowest BCUT2D eigenvalue weighted by molar-refractivity contribution is 0.383. The third kappa shape index (κ3) is 3.70. The molecule has 0 aromatic heterocycles. The van der Waals surface area contributed by atoms with Gasteiger partial charge >= 0.3 is 0 Å². The summed E-state index contributed by atoms with van der Waals surface area (Å²) in [7, 11) is 0. The molecule has 0 aromatic carbocycles. The summed E-state index contributed by atoms with van der Waals surface area (Å²) < 4.78 is 0. The zero-order valence-corrected chi connectivity index (χ0v) is 7.27. The second-order valence-corrected chi connectivity index (χ2v) is 3.43. The molecule has 1 heterocycles. The minimum atomic E-state index is 0.275. The van der Waals surface area contributed by atoms with Gasteiger partial charge in [0.15, 0.2) is 0 Å². The molecule has 2 atom stereocenters. The molecule has 11 heavy (non-hydrogen) atoms. The fourth-order valence-corrected chi connectivity index (χ4v) is 1.38. The summed E-state index contributed by atoms with van der Waals surface area (Å²) in [5, 5.41) is 6.79. The van der Waals surface area contributed by atoms with Gasteiger partial charge in [-0.2, -0.15) is 0 Å². The van der Waals surface area contributed by atoms with Crippen LogP contribution in [-0.2, 0) is 0 Å². The average molecular weight is 157 g/mol. The minimum Gasteiger partial charge on any atom is -0.327 e. The van der Waals surface area contributed by atoms with Crippen LogP contribution in [0.25, 0.3) is 0 Å². The van der Waals surface area contributed by atoms with E-state index in [1.807, 2.05) is 6.92 Å². The summed E-state index contributed by atoms with van der Waals surface area (Å²) in [5.74, 6) is 0. The molecule has 1 aliphatic heterocycles. The van der Waals surface area contributed by atoms with Gasteiger partial charge in [0.2, 0.25) is 0 Å². The Balaban J connectivity index is 2.05. The third-order valence-corrected chi connectivity index (χ3v) is 2.03. The van der Waals surface area contributed by atoms with Crippen LogP contribution in [0.15, 0.2) is 0 Å². The van der Waals surface area contributed by atoms with Crippen LogP contribution < -0.4 is 16.4 Å². The Morgan fingerprint density at radius 2 is 2.55 bits per heavy atom. The molecular formula is C8H19N3. The Hall–Kier alpha value is -0.120. The molecule has 3 nitrogen and oxygen atoms in total. The molecule has 0 radical (unpaired) electrons. The molecule has 3 heteroatoms. The lowest BCUT2D eigenvalue weighted by Gasteiger charge is -2.24. The molecule has 1 rings (SSSR count). The van der Waals surface area contributed by atoms with E-state index in [9.17, 15) is 0 Å². The number of nitrogens with two attached hydrogens (primary N) is 1. The quantitative estimate of drug-likeness (QED) is 0.526. The van der Waals surface area contributed by atoms with E-state index in [2.05, 4.69) is 10.6 Å². The number of piperidine rings is 1. The summed E-state index contributed by atoms with van der Waals surface area (Å²) in [5.41, 5.74) is 5.63. The lowest BCUT2D eigenvalue weighted by Crippen LogP contribution is -2.46. The molecule has 0 saturated carbocycles. The second-order valence-electron chi connectivity index (χ2n) is 3.43. The predicted octanol–water partition coefficient (Wildman–Crippen LogP) is -0.325. The van der Waals surface area contributed by atoms with E-state index >= 15 is 0 Å². The summed E-state index contributed by atoms with van der Waals surface area (Å²) >= 11 is 0. The zero-order chi connectivity index (χ0) is 8.10. The third-order valence-electron chi connectivity index (χ3n) is 2.03.